The van der Waals surface area contributed by atoms with Crippen molar-refractivity contribution in [3.63, 3.8) is 0 Å². The van der Waals surface area contributed by atoms with E-state index in [1.807, 2.05) is 12.2 Å². The van der Waals surface area contributed by atoms with Gasteiger partial charge in [-0.05, 0) is 116 Å². The van der Waals surface area contributed by atoms with Crippen LogP contribution in [0.25, 0.3) is 0 Å². The summed E-state index contributed by atoms with van der Waals surface area (Å²) in [6.07, 6.45) is 73.3. The highest BCUT2D eigenvalue weighted by molar-refractivity contribution is 5.71. The Bertz CT molecular complexity index is 1420. The van der Waals surface area contributed by atoms with E-state index in [4.69, 9.17) is 14.2 Å². The molecule has 0 spiro atoms. The van der Waals surface area contributed by atoms with Gasteiger partial charge in [0.2, 0.25) is 0 Å². The molecule has 0 heterocycles. The maximum atomic E-state index is 12.8. The van der Waals surface area contributed by atoms with Crippen LogP contribution in [-0.4, -0.2) is 37.2 Å². The molecule has 0 aromatic carbocycles. The third kappa shape index (κ3) is 50.8. The molecule has 0 saturated carbocycles. The van der Waals surface area contributed by atoms with Crippen LogP contribution in [-0.2, 0) is 28.6 Å². The zero-order valence-corrected chi connectivity index (χ0v) is 42.4. The summed E-state index contributed by atoms with van der Waals surface area (Å²) in [4.78, 5) is 38.0. The highest BCUT2D eigenvalue weighted by atomic mass is 16.6. The normalized spacial score (nSPS) is 13.1. The van der Waals surface area contributed by atoms with Crippen LogP contribution in [0.15, 0.2) is 122 Å². The van der Waals surface area contributed by atoms with E-state index in [0.29, 0.717) is 12.8 Å². The van der Waals surface area contributed by atoms with Gasteiger partial charge in [0, 0.05) is 19.3 Å². The quantitative estimate of drug-likeness (QED) is 0.0262. The Balaban J connectivity index is 4.56. The summed E-state index contributed by atoms with van der Waals surface area (Å²) >= 11 is 0. The molecule has 0 N–H and O–H groups in total. The fraction of sp³-hybridized carbons (Fsp3) is 0.617. The number of ether oxygens (including phenoxy) is 3. The summed E-state index contributed by atoms with van der Waals surface area (Å²) in [5.41, 5.74) is 0. The Labute approximate surface area is 405 Å². The Morgan fingerprint density at radius 2 is 0.636 bits per heavy atom. The summed E-state index contributed by atoms with van der Waals surface area (Å²) in [5.74, 6) is -1.04. The van der Waals surface area contributed by atoms with E-state index >= 15 is 0 Å². The first kappa shape index (κ1) is 61.8. The maximum absolute atomic E-state index is 12.8. The highest BCUT2D eigenvalue weighted by Gasteiger charge is 2.19. The molecule has 0 radical (unpaired) electrons. The molecule has 6 heteroatoms. The average molecular weight is 913 g/mol. The Hall–Kier alpha value is -4.19. The monoisotopic (exact) mass is 913 g/mol. The van der Waals surface area contributed by atoms with Gasteiger partial charge in [-0.3, -0.25) is 14.4 Å². The first-order valence-electron chi connectivity index (χ1n) is 26.5. The molecule has 0 fully saturated rings. The van der Waals surface area contributed by atoms with Gasteiger partial charge < -0.3 is 14.2 Å². The lowest BCUT2D eigenvalue weighted by atomic mass is 10.1. The van der Waals surface area contributed by atoms with Crippen LogP contribution in [0.5, 0.6) is 0 Å². The van der Waals surface area contributed by atoms with Crippen molar-refractivity contribution < 1.29 is 28.6 Å². The zero-order valence-electron chi connectivity index (χ0n) is 42.4. The molecule has 0 aliphatic heterocycles. The molecule has 0 aliphatic carbocycles. The smallest absolute Gasteiger partial charge is 0.306 e. The van der Waals surface area contributed by atoms with E-state index < -0.39 is 6.10 Å². The molecule has 0 aliphatic rings. The van der Waals surface area contributed by atoms with Crippen molar-refractivity contribution >= 4 is 17.9 Å². The number of esters is 3. The van der Waals surface area contributed by atoms with E-state index in [0.717, 1.165) is 128 Å². The Morgan fingerprint density at radius 3 is 1.06 bits per heavy atom. The van der Waals surface area contributed by atoms with E-state index in [1.165, 1.54) is 44.9 Å². The number of allylic oxidation sites excluding steroid dienone is 20. The third-order valence-corrected chi connectivity index (χ3v) is 10.7. The number of unbranched alkanes of at least 4 members (excludes halogenated alkanes) is 15. The molecule has 372 valence electrons. The standard InChI is InChI=1S/C60H96O6/c1-4-7-10-13-16-19-22-25-28-29-30-31-33-35-38-41-44-47-50-53-59(62)65-56-57(55-64-58(61)52-49-46-43-40-37-34-27-24-21-18-15-12-9-6-3)66-60(63)54-51-48-45-42-39-36-32-26-23-20-17-14-11-8-5-2/h7,10,15-20,24-28,30-32,35,38,44,47,57H,4-6,8-9,11-14,21-23,29,33-34,36-37,39-43,45-46,48-56H2,1-3H3/b10-7+,18-15+,19-16+,20-17+,27-24+,28-25+,31-30+,32-26+,38-35+,47-44+/t57-/m1/s1. The summed E-state index contributed by atoms with van der Waals surface area (Å²) in [6, 6.07) is 0. The lowest BCUT2D eigenvalue weighted by Crippen LogP contribution is -2.30. The fourth-order valence-corrected chi connectivity index (χ4v) is 6.69. The van der Waals surface area contributed by atoms with Crippen LogP contribution >= 0.6 is 0 Å². The second kappa shape index (κ2) is 53.4. The SMILES string of the molecule is CC/C=C/C/C=C/C/C=C/C/C=C/C/C=C/C/C=C/CCC(=O)OC[C@@H](COC(=O)CCCCCCC/C=C/C/C=C/CCCC)OC(=O)CCCCCCC/C=C/C/C=C/CCCCC. The van der Waals surface area contributed by atoms with Crippen molar-refractivity contribution in [3.8, 4) is 0 Å². The van der Waals surface area contributed by atoms with Gasteiger partial charge in [-0.1, -0.05) is 206 Å². The zero-order chi connectivity index (χ0) is 47.9. The van der Waals surface area contributed by atoms with Crippen LogP contribution in [0.1, 0.15) is 220 Å². The minimum Gasteiger partial charge on any atom is -0.462 e. The van der Waals surface area contributed by atoms with Crippen molar-refractivity contribution in [1.82, 2.24) is 0 Å². The minimum atomic E-state index is -0.825. The van der Waals surface area contributed by atoms with Gasteiger partial charge in [-0.2, -0.15) is 0 Å². The third-order valence-electron chi connectivity index (χ3n) is 10.7. The number of carbonyl (C=O) groups excluding carboxylic acids is 3. The van der Waals surface area contributed by atoms with Crippen molar-refractivity contribution in [2.45, 2.75) is 226 Å². The molecule has 1 atom stereocenters. The van der Waals surface area contributed by atoms with Crippen LogP contribution in [0.4, 0.5) is 0 Å². The number of hydrogen-bond acceptors (Lipinski definition) is 6. The van der Waals surface area contributed by atoms with Gasteiger partial charge in [-0.15, -0.1) is 0 Å². The van der Waals surface area contributed by atoms with Gasteiger partial charge >= 0.3 is 17.9 Å². The Morgan fingerprint density at radius 1 is 0.318 bits per heavy atom. The van der Waals surface area contributed by atoms with E-state index in [2.05, 4.69) is 130 Å². The molecule has 0 unspecified atom stereocenters. The second-order valence-corrected chi connectivity index (χ2v) is 17.0. The van der Waals surface area contributed by atoms with E-state index in [1.54, 1.807) is 0 Å². The maximum Gasteiger partial charge on any atom is 0.306 e. The minimum absolute atomic E-state index is 0.118. The number of hydrogen-bond donors (Lipinski definition) is 0. The van der Waals surface area contributed by atoms with Crippen LogP contribution in [0, 0.1) is 0 Å². The second-order valence-electron chi connectivity index (χ2n) is 17.0. The topological polar surface area (TPSA) is 78.9 Å². The molecule has 6 nitrogen and oxygen atoms in total. The van der Waals surface area contributed by atoms with Crippen molar-refractivity contribution in [1.29, 1.82) is 0 Å². The summed E-state index contributed by atoms with van der Waals surface area (Å²) in [5, 5.41) is 0. The van der Waals surface area contributed by atoms with Crippen LogP contribution in [0.2, 0.25) is 0 Å². The lowest BCUT2D eigenvalue weighted by molar-refractivity contribution is -0.166. The molecule has 0 bridgehead atoms. The molecular weight excluding hydrogens is 817 g/mol. The highest BCUT2D eigenvalue weighted by Crippen LogP contribution is 2.12. The van der Waals surface area contributed by atoms with Gasteiger partial charge in [0.1, 0.15) is 13.2 Å². The van der Waals surface area contributed by atoms with E-state index in [9.17, 15) is 14.4 Å². The number of carbonyl (C=O) groups is 3. The predicted molar refractivity (Wildman–Crippen MR) is 283 cm³/mol. The van der Waals surface area contributed by atoms with Gasteiger partial charge in [0.15, 0.2) is 6.10 Å². The van der Waals surface area contributed by atoms with E-state index in [-0.39, 0.29) is 44.0 Å². The summed E-state index contributed by atoms with van der Waals surface area (Å²) in [6.45, 7) is 6.35. The fourth-order valence-electron chi connectivity index (χ4n) is 6.69. The Kier molecular flexibility index (Phi) is 50.0. The van der Waals surface area contributed by atoms with Crippen LogP contribution in [0.3, 0.4) is 0 Å². The molecule has 66 heavy (non-hydrogen) atoms. The van der Waals surface area contributed by atoms with Gasteiger partial charge in [-0.25, -0.2) is 0 Å². The van der Waals surface area contributed by atoms with Crippen LogP contribution < -0.4 is 0 Å². The molecule has 0 amide bonds. The lowest BCUT2D eigenvalue weighted by Gasteiger charge is -2.18. The first-order chi connectivity index (χ1) is 32.5. The molecule has 0 rings (SSSR count). The molecule has 0 aromatic rings. The van der Waals surface area contributed by atoms with Gasteiger partial charge in [0.05, 0.1) is 0 Å². The average Bonchev–Trinajstić information content (AvgIpc) is 3.31. The largest absolute Gasteiger partial charge is 0.462 e. The number of rotatable bonds is 46. The van der Waals surface area contributed by atoms with Crippen molar-refractivity contribution in [2.24, 2.45) is 0 Å². The van der Waals surface area contributed by atoms with Crippen molar-refractivity contribution in [2.75, 3.05) is 13.2 Å². The van der Waals surface area contributed by atoms with Gasteiger partial charge in [0.25, 0.3) is 0 Å². The first-order valence-corrected chi connectivity index (χ1v) is 26.5. The summed E-state index contributed by atoms with van der Waals surface area (Å²) in [7, 11) is 0. The molecule has 0 saturated heterocycles. The summed E-state index contributed by atoms with van der Waals surface area (Å²) < 4.78 is 16.7. The molecule has 0 aromatic heterocycles. The van der Waals surface area contributed by atoms with Crippen molar-refractivity contribution in [3.05, 3.63) is 122 Å². The molecular formula is C60H96O6. The predicted octanol–water partition coefficient (Wildman–Crippen LogP) is 17.7.